The molecule has 1 aromatic rings. The number of ether oxygens (including phenoxy) is 2. The number of aromatic nitrogens is 2. The van der Waals surface area contributed by atoms with Gasteiger partial charge in [0.1, 0.15) is 5.82 Å². The Kier molecular flexibility index (Phi) is 3.87. The zero-order valence-corrected chi connectivity index (χ0v) is 9.68. The van der Waals surface area contributed by atoms with Crippen LogP contribution in [-0.4, -0.2) is 42.3 Å². The van der Waals surface area contributed by atoms with E-state index in [0.29, 0.717) is 12.4 Å². The lowest BCUT2D eigenvalue weighted by molar-refractivity contribution is 0.0593. The lowest BCUT2D eigenvalue weighted by atomic mass is 10.2. The van der Waals surface area contributed by atoms with Gasteiger partial charge in [-0.05, 0) is 12.8 Å². The molecule has 1 aliphatic heterocycles. The zero-order chi connectivity index (χ0) is 12.1. The van der Waals surface area contributed by atoms with E-state index in [-0.39, 0.29) is 11.8 Å². The number of esters is 1. The van der Waals surface area contributed by atoms with Crippen molar-refractivity contribution in [3.63, 3.8) is 0 Å². The monoisotopic (exact) mass is 237 g/mol. The van der Waals surface area contributed by atoms with E-state index in [0.717, 1.165) is 19.4 Å². The summed E-state index contributed by atoms with van der Waals surface area (Å²) in [6, 6.07) is 0. The summed E-state index contributed by atoms with van der Waals surface area (Å²) >= 11 is 0. The van der Waals surface area contributed by atoms with Gasteiger partial charge in [-0.3, -0.25) is 0 Å². The minimum atomic E-state index is -0.483. The zero-order valence-electron chi connectivity index (χ0n) is 9.68. The molecule has 2 heterocycles. The summed E-state index contributed by atoms with van der Waals surface area (Å²) in [5.41, 5.74) is 0.204. The fourth-order valence-corrected chi connectivity index (χ4v) is 1.65. The summed E-state index contributed by atoms with van der Waals surface area (Å²) in [5, 5.41) is 3.12. The van der Waals surface area contributed by atoms with E-state index in [9.17, 15) is 4.79 Å². The molecule has 6 nitrogen and oxygen atoms in total. The minimum absolute atomic E-state index is 0.204. The quantitative estimate of drug-likeness (QED) is 0.783. The van der Waals surface area contributed by atoms with Crippen molar-refractivity contribution in [3.05, 3.63) is 18.1 Å². The van der Waals surface area contributed by atoms with Crippen LogP contribution >= 0.6 is 0 Å². The average molecular weight is 237 g/mol. The Hall–Kier alpha value is -1.69. The van der Waals surface area contributed by atoms with Crippen molar-refractivity contribution in [1.29, 1.82) is 0 Å². The van der Waals surface area contributed by atoms with Crippen LogP contribution in [0.2, 0.25) is 0 Å². The van der Waals surface area contributed by atoms with Crippen molar-refractivity contribution < 1.29 is 14.3 Å². The topological polar surface area (TPSA) is 73.3 Å². The molecule has 0 aliphatic carbocycles. The number of carbonyl (C=O) groups is 1. The van der Waals surface area contributed by atoms with Crippen LogP contribution in [-0.2, 0) is 9.47 Å². The molecule has 2 rings (SSSR count). The summed E-state index contributed by atoms with van der Waals surface area (Å²) in [7, 11) is 1.31. The van der Waals surface area contributed by atoms with Crippen LogP contribution in [0.15, 0.2) is 12.4 Å². The van der Waals surface area contributed by atoms with Gasteiger partial charge >= 0.3 is 5.97 Å². The summed E-state index contributed by atoms with van der Waals surface area (Å²) in [6.45, 7) is 1.55. The molecular weight excluding hydrogens is 222 g/mol. The molecule has 0 saturated carbocycles. The molecule has 0 spiro atoms. The van der Waals surface area contributed by atoms with Crippen molar-refractivity contribution in [2.24, 2.45) is 0 Å². The van der Waals surface area contributed by atoms with Crippen LogP contribution in [0.4, 0.5) is 5.82 Å². The van der Waals surface area contributed by atoms with Gasteiger partial charge in [-0.2, -0.15) is 0 Å². The van der Waals surface area contributed by atoms with Crippen molar-refractivity contribution in [2.45, 2.75) is 18.9 Å². The molecule has 6 heteroatoms. The maximum Gasteiger partial charge on any atom is 0.358 e. The third-order valence-electron chi connectivity index (χ3n) is 2.58. The van der Waals surface area contributed by atoms with Gasteiger partial charge in [0.2, 0.25) is 0 Å². The van der Waals surface area contributed by atoms with Crippen molar-refractivity contribution in [2.75, 3.05) is 25.6 Å². The summed E-state index contributed by atoms with van der Waals surface area (Å²) in [5.74, 6) is 0.149. The number of hydrogen-bond acceptors (Lipinski definition) is 6. The Morgan fingerprint density at radius 2 is 2.47 bits per heavy atom. The smallest absolute Gasteiger partial charge is 0.358 e. The molecule has 0 amide bonds. The van der Waals surface area contributed by atoms with Gasteiger partial charge in [-0.1, -0.05) is 0 Å². The van der Waals surface area contributed by atoms with Gasteiger partial charge in [0.05, 0.1) is 25.6 Å². The first-order chi connectivity index (χ1) is 8.29. The molecule has 1 atom stereocenters. The second kappa shape index (κ2) is 5.58. The van der Waals surface area contributed by atoms with Gasteiger partial charge in [0.25, 0.3) is 0 Å². The normalized spacial score (nSPS) is 19.0. The SMILES string of the molecule is COC(=O)c1cnc(NCC2CCCO2)cn1. The number of nitrogens with one attached hydrogen (secondary N) is 1. The Bertz CT molecular complexity index is 374. The number of nitrogens with zero attached hydrogens (tertiary/aromatic N) is 2. The van der Waals surface area contributed by atoms with Crippen LogP contribution in [0, 0.1) is 0 Å². The van der Waals surface area contributed by atoms with E-state index in [4.69, 9.17) is 4.74 Å². The number of methoxy groups -OCH3 is 1. The second-order valence-corrected chi connectivity index (χ2v) is 3.79. The van der Waals surface area contributed by atoms with Gasteiger partial charge in [-0.25, -0.2) is 14.8 Å². The molecule has 1 N–H and O–H groups in total. The maximum atomic E-state index is 11.1. The lowest BCUT2D eigenvalue weighted by Crippen LogP contribution is -2.19. The van der Waals surface area contributed by atoms with Gasteiger partial charge in [0.15, 0.2) is 5.69 Å². The van der Waals surface area contributed by atoms with Gasteiger partial charge < -0.3 is 14.8 Å². The number of hydrogen-bond donors (Lipinski definition) is 1. The van der Waals surface area contributed by atoms with Crippen LogP contribution < -0.4 is 5.32 Å². The van der Waals surface area contributed by atoms with E-state index < -0.39 is 5.97 Å². The fraction of sp³-hybridized carbons (Fsp3) is 0.545. The fourth-order valence-electron chi connectivity index (χ4n) is 1.65. The minimum Gasteiger partial charge on any atom is -0.464 e. The molecule has 1 aromatic heterocycles. The van der Waals surface area contributed by atoms with E-state index in [1.54, 1.807) is 0 Å². The Morgan fingerprint density at radius 1 is 1.59 bits per heavy atom. The van der Waals surface area contributed by atoms with E-state index in [1.807, 2.05) is 0 Å². The van der Waals surface area contributed by atoms with Crippen molar-refractivity contribution in [1.82, 2.24) is 9.97 Å². The molecule has 0 radical (unpaired) electrons. The molecule has 92 valence electrons. The van der Waals surface area contributed by atoms with Crippen LogP contribution in [0.5, 0.6) is 0 Å². The summed E-state index contributed by atoms with van der Waals surface area (Å²) < 4.78 is 10.0. The molecule has 17 heavy (non-hydrogen) atoms. The maximum absolute atomic E-state index is 11.1. The Labute approximate surface area is 99.4 Å². The number of anilines is 1. The van der Waals surface area contributed by atoms with Gasteiger partial charge in [0, 0.05) is 13.2 Å². The predicted octanol–water partition coefficient (Wildman–Crippen LogP) is 0.854. The lowest BCUT2D eigenvalue weighted by Gasteiger charge is -2.10. The Morgan fingerprint density at radius 3 is 3.06 bits per heavy atom. The van der Waals surface area contributed by atoms with E-state index >= 15 is 0 Å². The summed E-state index contributed by atoms with van der Waals surface area (Å²) in [6.07, 6.45) is 5.34. The van der Waals surface area contributed by atoms with Gasteiger partial charge in [-0.15, -0.1) is 0 Å². The highest BCUT2D eigenvalue weighted by atomic mass is 16.5. The van der Waals surface area contributed by atoms with E-state index in [1.165, 1.54) is 19.5 Å². The van der Waals surface area contributed by atoms with Crippen molar-refractivity contribution in [3.8, 4) is 0 Å². The highest BCUT2D eigenvalue weighted by Gasteiger charge is 2.15. The summed E-state index contributed by atoms with van der Waals surface area (Å²) in [4.78, 5) is 19.2. The molecule has 1 unspecified atom stereocenters. The van der Waals surface area contributed by atoms with Crippen LogP contribution in [0.1, 0.15) is 23.3 Å². The van der Waals surface area contributed by atoms with Crippen molar-refractivity contribution >= 4 is 11.8 Å². The third-order valence-corrected chi connectivity index (χ3v) is 2.58. The number of rotatable bonds is 4. The van der Waals surface area contributed by atoms with Crippen LogP contribution in [0.3, 0.4) is 0 Å². The first-order valence-electron chi connectivity index (χ1n) is 5.55. The molecule has 1 saturated heterocycles. The predicted molar refractivity (Wildman–Crippen MR) is 60.8 cm³/mol. The van der Waals surface area contributed by atoms with Crippen LogP contribution in [0.25, 0.3) is 0 Å². The Balaban J connectivity index is 1.87. The standard InChI is InChI=1S/C11H15N3O3/c1-16-11(15)9-6-14-10(7-12-9)13-5-8-3-2-4-17-8/h6-8H,2-5H2,1H3,(H,13,14). The highest BCUT2D eigenvalue weighted by molar-refractivity contribution is 5.86. The molecular formula is C11H15N3O3. The molecule has 0 aromatic carbocycles. The first kappa shape index (κ1) is 11.8. The largest absolute Gasteiger partial charge is 0.464 e. The van der Waals surface area contributed by atoms with E-state index in [2.05, 4.69) is 20.0 Å². The molecule has 1 fully saturated rings. The molecule has 0 bridgehead atoms. The first-order valence-corrected chi connectivity index (χ1v) is 5.55. The molecule has 1 aliphatic rings. The average Bonchev–Trinajstić information content (AvgIpc) is 2.89. The second-order valence-electron chi connectivity index (χ2n) is 3.79. The third kappa shape index (κ3) is 3.13. The highest BCUT2D eigenvalue weighted by Crippen LogP contribution is 2.12. The number of carbonyl (C=O) groups excluding carboxylic acids is 1.